The molecule has 1 fully saturated rings. The molecule has 0 radical (unpaired) electrons. The van der Waals surface area contributed by atoms with Gasteiger partial charge in [-0.2, -0.15) is 0 Å². The highest BCUT2D eigenvalue weighted by molar-refractivity contribution is 7.11. The number of aryl methyl sites for hydroxylation is 1. The number of nitrogens with one attached hydrogen (secondary N) is 1. The van der Waals surface area contributed by atoms with Gasteiger partial charge in [0, 0.05) is 29.9 Å². The van der Waals surface area contributed by atoms with E-state index in [1.54, 1.807) is 7.05 Å². The van der Waals surface area contributed by atoms with E-state index in [9.17, 15) is 4.79 Å². The molecule has 0 amide bonds. The minimum absolute atomic E-state index is 0.0722. The number of likely N-dealkylation sites (tertiary alicyclic amines) is 1. The van der Waals surface area contributed by atoms with Gasteiger partial charge in [0.15, 0.2) is 5.96 Å². The molecule has 1 saturated heterocycles. The second kappa shape index (κ2) is 7.63. The van der Waals surface area contributed by atoms with Crippen LogP contribution in [-0.2, 0) is 22.5 Å². The predicted molar refractivity (Wildman–Crippen MR) is 90.1 cm³/mol. The summed E-state index contributed by atoms with van der Waals surface area (Å²) in [6.45, 7) is 6.51. The molecule has 0 aliphatic carbocycles. The highest BCUT2D eigenvalue weighted by atomic mass is 32.1. The first kappa shape index (κ1) is 16.8. The SMILES string of the molecule is CCc1ccc(CNC(=NC)N2CC(C)C(C(=O)OC)C2)s1. The Bertz CT molecular complexity index is 541. The smallest absolute Gasteiger partial charge is 0.310 e. The molecule has 2 atom stereocenters. The zero-order chi connectivity index (χ0) is 16.1. The molecule has 1 N–H and O–H groups in total. The van der Waals surface area contributed by atoms with E-state index in [0.29, 0.717) is 6.54 Å². The third-order valence-electron chi connectivity index (χ3n) is 4.11. The van der Waals surface area contributed by atoms with E-state index in [0.717, 1.165) is 25.5 Å². The summed E-state index contributed by atoms with van der Waals surface area (Å²) in [6, 6.07) is 4.34. The molecule has 2 heterocycles. The van der Waals surface area contributed by atoms with Crippen molar-refractivity contribution < 1.29 is 9.53 Å². The minimum Gasteiger partial charge on any atom is -0.469 e. The first-order valence-electron chi connectivity index (χ1n) is 7.70. The predicted octanol–water partition coefficient (Wildman–Crippen LogP) is 2.13. The van der Waals surface area contributed by atoms with Gasteiger partial charge in [-0.05, 0) is 24.5 Å². The van der Waals surface area contributed by atoms with Crippen molar-refractivity contribution in [2.24, 2.45) is 16.8 Å². The summed E-state index contributed by atoms with van der Waals surface area (Å²) in [5.74, 6) is 0.928. The van der Waals surface area contributed by atoms with Gasteiger partial charge in [-0.25, -0.2) is 0 Å². The molecule has 0 bridgehead atoms. The van der Waals surface area contributed by atoms with Crippen LogP contribution in [0.5, 0.6) is 0 Å². The lowest BCUT2D eigenvalue weighted by molar-refractivity contribution is -0.145. The van der Waals surface area contributed by atoms with E-state index >= 15 is 0 Å². The summed E-state index contributed by atoms with van der Waals surface area (Å²) < 4.78 is 4.89. The fourth-order valence-corrected chi connectivity index (χ4v) is 3.70. The van der Waals surface area contributed by atoms with E-state index in [4.69, 9.17) is 4.74 Å². The Morgan fingerprint density at radius 1 is 1.45 bits per heavy atom. The molecule has 1 aromatic heterocycles. The number of aliphatic imine (C=N–C) groups is 1. The maximum atomic E-state index is 11.8. The maximum Gasteiger partial charge on any atom is 0.310 e. The van der Waals surface area contributed by atoms with Crippen LogP contribution in [0, 0.1) is 11.8 Å². The van der Waals surface area contributed by atoms with E-state index in [1.165, 1.54) is 16.9 Å². The summed E-state index contributed by atoms with van der Waals surface area (Å²) in [5.41, 5.74) is 0. The van der Waals surface area contributed by atoms with Crippen molar-refractivity contribution in [1.82, 2.24) is 10.2 Å². The molecule has 1 aliphatic heterocycles. The van der Waals surface area contributed by atoms with Gasteiger partial charge in [0.1, 0.15) is 0 Å². The number of methoxy groups -OCH3 is 1. The van der Waals surface area contributed by atoms with Crippen molar-refractivity contribution in [3.63, 3.8) is 0 Å². The van der Waals surface area contributed by atoms with Crippen molar-refractivity contribution in [2.75, 3.05) is 27.2 Å². The van der Waals surface area contributed by atoms with Crippen LogP contribution in [0.4, 0.5) is 0 Å². The standard InChI is InChI=1S/C16H25N3O2S/c1-5-12-6-7-13(22-12)8-18-16(17-3)19-9-11(2)14(10-19)15(20)21-4/h6-7,11,14H,5,8-10H2,1-4H3,(H,17,18). The number of hydrogen-bond donors (Lipinski definition) is 1. The van der Waals surface area contributed by atoms with Crippen molar-refractivity contribution in [3.05, 3.63) is 21.9 Å². The molecule has 2 rings (SSSR count). The van der Waals surface area contributed by atoms with Gasteiger partial charge in [0.2, 0.25) is 0 Å². The van der Waals surface area contributed by atoms with Crippen LogP contribution in [0.25, 0.3) is 0 Å². The Morgan fingerprint density at radius 2 is 2.18 bits per heavy atom. The average molecular weight is 323 g/mol. The number of carbonyl (C=O) groups excluding carboxylic acids is 1. The van der Waals surface area contributed by atoms with Crippen molar-refractivity contribution in [1.29, 1.82) is 0 Å². The number of ether oxygens (including phenoxy) is 1. The summed E-state index contributed by atoms with van der Waals surface area (Å²) in [6.07, 6.45) is 1.07. The number of thiophene rings is 1. The highest BCUT2D eigenvalue weighted by Gasteiger charge is 2.36. The van der Waals surface area contributed by atoms with Crippen LogP contribution in [-0.4, -0.2) is 44.1 Å². The molecule has 0 spiro atoms. The second-order valence-corrected chi connectivity index (χ2v) is 6.89. The van der Waals surface area contributed by atoms with Crippen molar-refractivity contribution >= 4 is 23.3 Å². The van der Waals surface area contributed by atoms with E-state index in [2.05, 4.69) is 41.2 Å². The maximum absolute atomic E-state index is 11.8. The van der Waals surface area contributed by atoms with Crippen LogP contribution in [0.1, 0.15) is 23.6 Å². The van der Waals surface area contributed by atoms with Crippen LogP contribution in [0.3, 0.4) is 0 Å². The third kappa shape index (κ3) is 3.80. The first-order chi connectivity index (χ1) is 10.6. The molecule has 0 saturated carbocycles. The Labute approximate surface area is 136 Å². The summed E-state index contributed by atoms with van der Waals surface area (Å²) in [4.78, 5) is 21.0. The zero-order valence-electron chi connectivity index (χ0n) is 13.8. The second-order valence-electron chi connectivity index (χ2n) is 5.63. The van der Waals surface area contributed by atoms with Crippen molar-refractivity contribution in [3.8, 4) is 0 Å². The van der Waals surface area contributed by atoms with Gasteiger partial charge >= 0.3 is 5.97 Å². The van der Waals surface area contributed by atoms with Crippen LogP contribution in [0.2, 0.25) is 0 Å². The Hall–Kier alpha value is -1.56. The highest BCUT2D eigenvalue weighted by Crippen LogP contribution is 2.24. The van der Waals surface area contributed by atoms with Crippen LogP contribution in [0.15, 0.2) is 17.1 Å². The van der Waals surface area contributed by atoms with Gasteiger partial charge in [0.25, 0.3) is 0 Å². The summed E-state index contributed by atoms with van der Waals surface area (Å²) in [7, 11) is 3.23. The van der Waals surface area contributed by atoms with E-state index < -0.39 is 0 Å². The Balaban J connectivity index is 1.93. The van der Waals surface area contributed by atoms with Crippen LogP contribution < -0.4 is 5.32 Å². The van der Waals surface area contributed by atoms with Crippen LogP contribution >= 0.6 is 11.3 Å². The number of guanidine groups is 1. The zero-order valence-corrected chi connectivity index (χ0v) is 14.6. The molecular formula is C16H25N3O2S. The van der Waals surface area contributed by atoms with Gasteiger partial charge in [-0.15, -0.1) is 11.3 Å². The lowest BCUT2D eigenvalue weighted by atomic mass is 9.99. The Morgan fingerprint density at radius 3 is 2.77 bits per heavy atom. The molecule has 5 nitrogen and oxygen atoms in total. The van der Waals surface area contributed by atoms with Crippen molar-refractivity contribution in [2.45, 2.75) is 26.8 Å². The van der Waals surface area contributed by atoms with E-state index in [1.807, 2.05) is 11.3 Å². The van der Waals surface area contributed by atoms with E-state index in [-0.39, 0.29) is 17.8 Å². The normalized spacial score (nSPS) is 22.0. The average Bonchev–Trinajstić information content (AvgIpc) is 3.14. The molecule has 122 valence electrons. The fraction of sp³-hybridized carbons (Fsp3) is 0.625. The lowest BCUT2D eigenvalue weighted by Gasteiger charge is -2.21. The number of carbonyl (C=O) groups is 1. The summed E-state index contributed by atoms with van der Waals surface area (Å²) in [5, 5.41) is 3.40. The van der Waals surface area contributed by atoms with Gasteiger partial charge in [-0.3, -0.25) is 9.79 Å². The van der Waals surface area contributed by atoms with Gasteiger partial charge < -0.3 is 15.0 Å². The number of rotatable bonds is 4. The van der Waals surface area contributed by atoms with Gasteiger partial charge in [0.05, 0.1) is 19.6 Å². The number of nitrogens with zero attached hydrogens (tertiary/aromatic N) is 2. The fourth-order valence-electron chi connectivity index (χ4n) is 2.80. The molecule has 6 heteroatoms. The molecule has 1 aliphatic rings. The minimum atomic E-state index is -0.128. The molecule has 2 unspecified atom stereocenters. The molecule has 1 aromatic rings. The molecule has 22 heavy (non-hydrogen) atoms. The topological polar surface area (TPSA) is 53.9 Å². The lowest BCUT2D eigenvalue weighted by Crippen LogP contribution is -2.40. The molecule has 0 aromatic carbocycles. The third-order valence-corrected chi connectivity index (χ3v) is 5.34. The number of esters is 1. The first-order valence-corrected chi connectivity index (χ1v) is 8.51. The summed E-state index contributed by atoms with van der Waals surface area (Å²) >= 11 is 1.83. The molecular weight excluding hydrogens is 298 g/mol. The van der Waals surface area contributed by atoms with Gasteiger partial charge in [-0.1, -0.05) is 13.8 Å². The quantitative estimate of drug-likeness (QED) is 0.524. The monoisotopic (exact) mass is 323 g/mol. The Kier molecular flexibility index (Phi) is 5.83. The number of hydrogen-bond acceptors (Lipinski definition) is 4. The largest absolute Gasteiger partial charge is 0.469 e.